The van der Waals surface area contributed by atoms with Gasteiger partial charge in [0.1, 0.15) is 18.2 Å². The van der Waals surface area contributed by atoms with Gasteiger partial charge < -0.3 is 15.0 Å². The summed E-state index contributed by atoms with van der Waals surface area (Å²) in [5.74, 6) is -3.38. The molecule has 0 unspecified atom stereocenters. The number of hydrogen-bond donors (Lipinski definition) is 1. The molecule has 0 saturated carbocycles. The molecule has 0 aliphatic heterocycles. The zero-order valence-electron chi connectivity index (χ0n) is 14.8. The van der Waals surface area contributed by atoms with Crippen molar-refractivity contribution in [2.75, 3.05) is 23.4 Å². The highest BCUT2D eigenvalue weighted by Crippen LogP contribution is 2.20. The number of nitrogens with one attached hydrogen (secondary N) is 1. The Balaban J connectivity index is 2.08. The molecule has 2 amide bonds. The molecule has 0 radical (unpaired) electrons. The van der Waals surface area contributed by atoms with Gasteiger partial charge in [-0.15, -0.1) is 0 Å². The van der Waals surface area contributed by atoms with Crippen LogP contribution >= 0.6 is 0 Å². The van der Waals surface area contributed by atoms with E-state index in [1.165, 1.54) is 31.2 Å². The van der Waals surface area contributed by atoms with E-state index in [4.69, 9.17) is 4.74 Å². The van der Waals surface area contributed by atoms with Crippen LogP contribution in [0.5, 0.6) is 0 Å². The number of carbonyl (C=O) groups is 3. The summed E-state index contributed by atoms with van der Waals surface area (Å²) in [5.41, 5.74) is 0.515. The highest BCUT2D eigenvalue weighted by atomic mass is 19.1. The SMILES string of the molecule is CCOC(=O)c1ccc(NC(=O)CN(C(C)=O)c2ccc(F)cc2F)cc1. The van der Waals surface area contributed by atoms with Crippen LogP contribution in [-0.2, 0) is 14.3 Å². The van der Waals surface area contributed by atoms with Crippen molar-refractivity contribution >= 4 is 29.2 Å². The maximum absolute atomic E-state index is 13.9. The topological polar surface area (TPSA) is 75.7 Å². The smallest absolute Gasteiger partial charge is 0.338 e. The van der Waals surface area contributed by atoms with Crippen molar-refractivity contribution in [2.24, 2.45) is 0 Å². The molecule has 0 fully saturated rings. The number of benzene rings is 2. The molecule has 2 aromatic rings. The summed E-state index contributed by atoms with van der Waals surface area (Å²) in [6.07, 6.45) is 0. The van der Waals surface area contributed by atoms with E-state index < -0.39 is 36.0 Å². The molecule has 142 valence electrons. The van der Waals surface area contributed by atoms with Gasteiger partial charge in [0.2, 0.25) is 11.8 Å². The second-order valence-corrected chi connectivity index (χ2v) is 5.55. The zero-order chi connectivity index (χ0) is 20.0. The van der Waals surface area contributed by atoms with E-state index in [0.717, 1.165) is 17.0 Å². The van der Waals surface area contributed by atoms with E-state index in [1.807, 2.05) is 0 Å². The maximum Gasteiger partial charge on any atom is 0.338 e. The van der Waals surface area contributed by atoms with Gasteiger partial charge in [-0.2, -0.15) is 0 Å². The van der Waals surface area contributed by atoms with Crippen LogP contribution in [-0.4, -0.2) is 30.9 Å². The summed E-state index contributed by atoms with van der Waals surface area (Å²) in [6, 6.07) is 8.69. The number of carbonyl (C=O) groups excluding carboxylic acids is 3. The number of ether oxygens (including phenoxy) is 1. The first-order chi connectivity index (χ1) is 12.8. The molecule has 2 rings (SSSR count). The number of hydrogen-bond acceptors (Lipinski definition) is 4. The number of rotatable bonds is 6. The van der Waals surface area contributed by atoms with E-state index in [0.29, 0.717) is 17.3 Å². The van der Waals surface area contributed by atoms with Crippen molar-refractivity contribution in [3.05, 3.63) is 59.7 Å². The average Bonchev–Trinajstić information content (AvgIpc) is 2.61. The first-order valence-corrected chi connectivity index (χ1v) is 8.12. The van der Waals surface area contributed by atoms with Crippen LogP contribution in [0.15, 0.2) is 42.5 Å². The summed E-state index contributed by atoms with van der Waals surface area (Å²) in [4.78, 5) is 36.5. The molecule has 0 aliphatic rings. The number of esters is 1. The fraction of sp³-hybridized carbons (Fsp3) is 0.211. The first-order valence-electron chi connectivity index (χ1n) is 8.12. The third-order valence-electron chi connectivity index (χ3n) is 3.56. The quantitative estimate of drug-likeness (QED) is 0.786. The molecule has 0 atom stereocenters. The van der Waals surface area contributed by atoms with E-state index in [9.17, 15) is 23.2 Å². The van der Waals surface area contributed by atoms with Crippen molar-refractivity contribution in [2.45, 2.75) is 13.8 Å². The largest absolute Gasteiger partial charge is 0.462 e. The second kappa shape index (κ2) is 8.88. The number of nitrogens with zero attached hydrogens (tertiary/aromatic N) is 1. The van der Waals surface area contributed by atoms with Crippen molar-refractivity contribution < 1.29 is 27.9 Å². The van der Waals surface area contributed by atoms with E-state index in [-0.39, 0.29) is 12.3 Å². The number of anilines is 2. The molecule has 0 saturated heterocycles. The van der Waals surface area contributed by atoms with E-state index >= 15 is 0 Å². The molecule has 0 aliphatic carbocycles. The van der Waals surface area contributed by atoms with Gasteiger partial charge in [0, 0.05) is 18.7 Å². The van der Waals surface area contributed by atoms with Crippen LogP contribution < -0.4 is 10.2 Å². The lowest BCUT2D eigenvalue weighted by Gasteiger charge is -2.21. The van der Waals surface area contributed by atoms with Gasteiger partial charge in [-0.3, -0.25) is 9.59 Å². The fourth-order valence-corrected chi connectivity index (χ4v) is 2.31. The summed E-state index contributed by atoms with van der Waals surface area (Å²) in [6.45, 7) is 2.65. The van der Waals surface area contributed by atoms with Gasteiger partial charge in [-0.1, -0.05) is 0 Å². The van der Waals surface area contributed by atoms with E-state index in [1.54, 1.807) is 6.92 Å². The third kappa shape index (κ3) is 5.34. The van der Waals surface area contributed by atoms with Gasteiger partial charge in [0.05, 0.1) is 17.9 Å². The molecule has 6 nitrogen and oxygen atoms in total. The standard InChI is InChI=1S/C19H18F2N2O4/c1-3-27-19(26)13-4-7-15(8-5-13)22-18(25)11-23(12(2)24)17-9-6-14(20)10-16(17)21/h4-10H,3,11H2,1-2H3,(H,22,25). The summed E-state index contributed by atoms with van der Waals surface area (Å²) in [5, 5.41) is 2.54. The Hall–Kier alpha value is -3.29. The lowest BCUT2D eigenvalue weighted by atomic mass is 10.2. The van der Waals surface area contributed by atoms with Gasteiger partial charge in [-0.25, -0.2) is 13.6 Å². The summed E-state index contributed by atoms with van der Waals surface area (Å²) < 4.78 is 31.8. The Labute approximate surface area is 154 Å². The minimum atomic E-state index is -0.947. The minimum Gasteiger partial charge on any atom is -0.462 e. The van der Waals surface area contributed by atoms with E-state index in [2.05, 4.69) is 5.32 Å². The summed E-state index contributed by atoms with van der Waals surface area (Å²) in [7, 11) is 0. The van der Waals surface area contributed by atoms with Gasteiger partial charge in [0.15, 0.2) is 0 Å². The van der Waals surface area contributed by atoms with Gasteiger partial charge in [0.25, 0.3) is 0 Å². The molecule has 0 aromatic heterocycles. The Morgan fingerprint density at radius 2 is 1.74 bits per heavy atom. The summed E-state index contributed by atoms with van der Waals surface area (Å²) >= 11 is 0. The molecule has 1 N–H and O–H groups in total. The van der Waals surface area contributed by atoms with Crippen LogP contribution in [0.2, 0.25) is 0 Å². The molecule has 27 heavy (non-hydrogen) atoms. The molecular formula is C19H18F2N2O4. The highest BCUT2D eigenvalue weighted by Gasteiger charge is 2.19. The predicted octanol–water partition coefficient (Wildman–Crippen LogP) is 3.13. The highest BCUT2D eigenvalue weighted by molar-refractivity contribution is 6.02. The molecule has 0 bridgehead atoms. The zero-order valence-corrected chi connectivity index (χ0v) is 14.8. The van der Waals surface area contributed by atoms with Crippen LogP contribution in [0.3, 0.4) is 0 Å². The number of halogens is 2. The number of amides is 2. The van der Waals surface area contributed by atoms with Crippen molar-refractivity contribution in [1.82, 2.24) is 0 Å². The monoisotopic (exact) mass is 376 g/mol. The lowest BCUT2D eigenvalue weighted by molar-refractivity contribution is -0.120. The van der Waals surface area contributed by atoms with Crippen molar-refractivity contribution in [1.29, 1.82) is 0 Å². The lowest BCUT2D eigenvalue weighted by Crippen LogP contribution is -2.37. The molecule has 2 aromatic carbocycles. The van der Waals surface area contributed by atoms with Crippen LogP contribution in [0, 0.1) is 11.6 Å². The van der Waals surface area contributed by atoms with Gasteiger partial charge >= 0.3 is 5.97 Å². The molecular weight excluding hydrogens is 358 g/mol. The Morgan fingerprint density at radius 3 is 2.30 bits per heavy atom. The normalized spacial score (nSPS) is 10.2. The Bertz CT molecular complexity index is 853. The molecule has 0 heterocycles. The first kappa shape index (κ1) is 20.0. The van der Waals surface area contributed by atoms with Crippen LogP contribution in [0.25, 0.3) is 0 Å². The fourth-order valence-electron chi connectivity index (χ4n) is 2.31. The van der Waals surface area contributed by atoms with Crippen molar-refractivity contribution in [3.63, 3.8) is 0 Å². The third-order valence-corrected chi connectivity index (χ3v) is 3.56. The predicted molar refractivity (Wildman–Crippen MR) is 95.4 cm³/mol. The van der Waals surface area contributed by atoms with Crippen LogP contribution in [0.1, 0.15) is 24.2 Å². The minimum absolute atomic E-state index is 0.197. The molecule has 0 spiro atoms. The Kier molecular flexibility index (Phi) is 6.59. The molecule has 8 heteroatoms. The van der Waals surface area contributed by atoms with Crippen molar-refractivity contribution in [3.8, 4) is 0 Å². The van der Waals surface area contributed by atoms with Crippen LogP contribution in [0.4, 0.5) is 20.2 Å². The van der Waals surface area contributed by atoms with Gasteiger partial charge in [-0.05, 0) is 43.3 Å². The Morgan fingerprint density at radius 1 is 1.07 bits per heavy atom. The maximum atomic E-state index is 13.9. The average molecular weight is 376 g/mol. The second-order valence-electron chi connectivity index (χ2n) is 5.55.